The average Bonchev–Trinajstić information content (AvgIpc) is 2.90. The molecule has 1 aromatic rings. The highest BCUT2D eigenvalue weighted by Crippen LogP contribution is 2.31. The largest absolute Gasteiger partial charge is 0.480 e. The normalized spacial score (nSPS) is 17.1. The van der Waals surface area contributed by atoms with Crippen LogP contribution in [0, 0.1) is 16.0 Å². The van der Waals surface area contributed by atoms with E-state index in [0.29, 0.717) is 13.1 Å². The molecule has 10 heteroatoms. The van der Waals surface area contributed by atoms with Gasteiger partial charge in [0, 0.05) is 19.2 Å². The first-order valence-corrected chi connectivity index (χ1v) is 10.8. The molecule has 2 N–H and O–H groups in total. The van der Waals surface area contributed by atoms with Gasteiger partial charge >= 0.3 is 5.97 Å². The fraction of sp³-hybridized carbons (Fsp3) is 0.611. The Balaban J connectivity index is 2.36. The summed E-state index contributed by atoms with van der Waals surface area (Å²) in [6, 6.07) is 2.58. The zero-order valence-corrected chi connectivity index (χ0v) is 16.9. The molecule has 0 unspecified atom stereocenters. The zero-order valence-electron chi connectivity index (χ0n) is 16.1. The maximum atomic E-state index is 12.9. The number of benzene rings is 1. The second-order valence-corrected chi connectivity index (χ2v) is 9.36. The Hall–Kier alpha value is -2.20. The monoisotopic (exact) mass is 413 g/mol. The highest BCUT2D eigenvalue weighted by Gasteiger charge is 2.29. The molecule has 1 atom stereocenters. The van der Waals surface area contributed by atoms with Gasteiger partial charge in [-0.1, -0.05) is 26.7 Å². The molecular weight excluding hydrogens is 386 g/mol. The molecule has 1 fully saturated rings. The Labute approximate surface area is 164 Å². The van der Waals surface area contributed by atoms with Gasteiger partial charge in [0.2, 0.25) is 10.0 Å². The van der Waals surface area contributed by atoms with E-state index in [4.69, 9.17) is 0 Å². The SMILES string of the molecule is CC(C)C[C@H](Nc1ccc(S(=O)(=O)N2CCCCCC2)cc1[N+](=O)[O-])C(=O)O. The molecule has 1 aliphatic rings. The predicted octanol–water partition coefficient (Wildman–Crippen LogP) is 3.07. The van der Waals surface area contributed by atoms with Crippen molar-refractivity contribution in [3.63, 3.8) is 0 Å². The zero-order chi connectivity index (χ0) is 20.9. The summed E-state index contributed by atoms with van der Waals surface area (Å²) in [5.41, 5.74) is -0.459. The van der Waals surface area contributed by atoms with Gasteiger partial charge < -0.3 is 10.4 Å². The highest BCUT2D eigenvalue weighted by atomic mass is 32.2. The maximum Gasteiger partial charge on any atom is 0.326 e. The summed E-state index contributed by atoms with van der Waals surface area (Å²) in [7, 11) is -3.84. The molecule has 9 nitrogen and oxygen atoms in total. The number of anilines is 1. The number of hydrogen-bond acceptors (Lipinski definition) is 6. The number of carboxylic acids is 1. The van der Waals surface area contributed by atoms with Crippen molar-refractivity contribution in [3.05, 3.63) is 28.3 Å². The molecule has 0 bridgehead atoms. The third kappa shape index (κ3) is 5.41. The lowest BCUT2D eigenvalue weighted by Gasteiger charge is -2.21. The number of nitrogens with one attached hydrogen (secondary N) is 1. The summed E-state index contributed by atoms with van der Waals surface area (Å²) in [6.45, 7) is 4.49. The van der Waals surface area contributed by atoms with Crippen molar-refractivity contribution in [2.24, 2.45) is 5.92 Å². The number of hydrogen-bond donors (Lipinski definition) is 2. The van der Waals surface area contributed by atoms with Crippen molar-refractivity contribution in [1.82, 2.24) is 4.31 Å². The minimum Gasteiger partial charge on any atom is -0.480 e. The maximum absolute atomic E-state index is 12.9. The second kappa shape index (κ2) is 9.33. The molecule has 0 spiro atoms. The number of sulfonamides is 1. The number of carboxylic acid groups (broad SMARTS) is 1. The van der Waals surface area contributed by atoms with Crippen molar-refractivity contribution < 1.29 is 23.2 Å². The van der Waals surface area contributed by atoms with Gasteiger partial charge in [-0.15, -0.1) is 0 Å². The molecule has 156 valence electrons. The second-order valence-electron chi connectivity index (χ2n) is 7.42. The fourth-order valence-corrected chi connectivity index (χ4v) is 4.79. The van der Waals surface area contributed by atoms with Gasteiger partial charge in [0.05, 0.1) is 9.82 Å². The Kier molecular flexibility index (Phi) is 7.36. The predicted molar refractivity (Wildman–Crippen MR) is 105 cm³/mol. The van der Waals surface area contributed by atoms with Gasteiger partial charge in [0.1, 0.15) is 11.7 Å². The van der Waals surface area contributed by atoms with Crippen LogP contribution >= 0.6 is 0 Å². The van der Waals surface area contributed by atoms with Crippen LogP contribution in [0.5, 0.6) is 0 Å². The Morgan fingerprint density at radius 3 is 2.36 bits per heavy atom. The topological polar surface area (TPSA) is 130 Å². The van der Waals surface area contributed by atoms with E-state index >= 15 is 0 Å². The van der Waals surface area contributed by atoms with Crippen molar-refractivity contribution in [1.29, 1.82) is 0 Å². The van der Waals surface area contributed by atoms with Crippen LogP contribution < -0.4 is 5.32 Å². The van der Waals surface area contributed by atoms with E-state index < -0.39 is 32.6 Å². The van der Waals surface area contributed by atoms with Crippen molar-refractivity contribution in [2.45, 2.75) is 56.9 Å². The van der Waals surface area contributed by atoms with Gasteiger partial charge in [-0.3, -0.25) is 10.1 Å². The van der Waals surface area contributed by atoms with E-state index in [1.54, 1.807) is 0 Å². The van der Waals surface area contributed by atoms with Crippen molar-refractivity contribution in [3.8, 4) is 0 Å². The molecule has 2 rings (SSSR count). The molecule has 0 aliphatic carbocycles. The molecule has 1 aliphatic heterocycles. The van der Waals surface area contributed by atoms with Crippen molar-refractivity contribution in [2.75, 3.05) is 18.4 Å². The van der Waals surface area contributed by atoms with Gasteiger partial charge in [0.15, 0.2) is 0 Å². The quantitative estimate of drug-likeness (QED) is 0.495. The number of nitro benzene ring substituents is 1. The molecule has 0 radical (unpaired) electrons. The Morgan fingerprint density at radius 1 is 1.25 bits per heavy atom. The summed E-state index contributed by atoms with van der Waals surface area (Å²) >= 11 is 0. The number of aliphatic carboxylic acids is 1. The minimum absolute atomic E-state index is 0.00661. The Bertz CT molecular complexity index is 817. The molecule has 0 aromatic heterocycles. The average molecular weight is 413 g/mol. The summed E-state index contributed by atoms with van der Waals surface area (Å²) in [5, 5.41) is 23.6. The summed E-state index contributed by atoms with van der Waals surface area (Å²) < 4.78 is 27.1. The van der Waals surface area contributed by atoms with Crippen LogP contribution in [-0.2, 0) is 14.8 Å². The standard InChI is InChI=1S/C18H27N3O6S/c1-13(2)11-16(18(22)23)19-15-8-7-14(12-17(15)21(24)25)28(26,27)20-9-5-3-4-6-10-20/h7-8,12-13,16,19H,3-6,9-11H2,1-2H3,(H,22,23)/t16-/m0/s1. The smallest absolute Gasteiger partial charge is 0.326 e. The molecule has 1 saturated heterocycles. The number of carbonyl (C=O) groups is 1. The van der Waals surface area contributed by atoms with Crippen LogP contribution in [0.1, 0.15) is 46.0 Å². The third-order valence-corrected chi connectivity index (χ3v) is 6.60. The van der Waals surface area contributed by atoms with Crippen LogP contribution in [-0.4, -0.2) is 47.9 Å². The number of nitrogens with zero attached hydrogens (tertiary/aromatic N) is 2. The third-order valence-electron chi connectivity index (χ3n) is 4.70. The number of nitro groups is 1. The lowest BCUT2D eigenvalue weighted by atomic mass is 10.0. The number of rotatable bonds is 8. The first-order chi connectivity index (χ1) is 13.1. The van der Waals surface area contributed by atoms with Gasteiger partial charge in [0.25, 0.3) is 5.69 Å². The Morgan fingerprint density at radius 2 is 1.86 bits per heavy atom. The van der Waals surface area contributed by atoms with Crippen LogP contribution in [0.3, 0.4) is 0 Å². The van der Waals surface area contributed by atoms with Crippen LogP contribution in [0.2, 0.25) is 0 Å². The van der Waals surface area contributed by atoms with Gasteiger partial charge in [-0.25, -0.2) is 13.2 Å². The van der Waals surface area contributed by atoms with E-state index in [9.17, 15) is 28.4 Å². The first-order valence-electron chi connectivity index (χ1n) is 9.41. The molecule has 1 aromatic carbocycles. The van der Waals surface area contributed by atoms with Gasteiger partial charge in [-0.05, 0) is 37.3 Å². The van der Waals surface area contributed by atoms with E-state index in [0.717, 1.165) is 31.7 Å². The minimum atomic E-state index is -3.84. The summed E-state index contributed by atoms with van der Waals surface area (Å²) in [4.78, 5) is 22.1. The first kappa shape index (κ1) is 22.1. The van der Waals surface area contributed by atoms with Crippen molar-refractivity contribution >= 4 is 27.4 Å². The van der Waals surface area contributed by atoms with E-state index in [2.05, 4.69) is 5.32 Å². The van der Waals surface area contributed by atoms with E-state index in [1.165, 1.54) is 16.4 Å². The lowest BCUT2D eigenvalue weighted by Crippen LogP contribution is -2.32. The molecule has 0 amide bonds. The molecule has 0 saturated carbocycles. The molecular formula is C18H27N3O6S. The molecule has 1 heterocycles. The van der Waals surface area contributed by atoms with E-state index in [1.807, 2.05) is 13.8 Å². The van der Waals surface area contributed by atoms with Crippen LogP contribution in [0.15, 0.2) is 23.1 Å². The van der Waals surface area contributed by atoms with Crippen LogP contribution in [0.25, 0.3) is 0 Å². The summed E-state index contributed by atoms with van der Waals surface area (Å²) in [5.74, 6) is -1.06. The lowest BCUT2D eigenvalue weighted by molar-refractivity contribution is -0.384. The van der Waals surface area contributed by atoms with E-state index in [-0.39, 0.29) is 22.9 Å². The summed E-state index contributed by atoms with van der Waals surface area (Å²) in [6.07, 6.45) is 3.72. The molecule has 28 heavy (non-hydrogen) atoms. The van der Waals surface area contributed by atoms with Crippen LogP contribution in [0.4, 0.5) is 11.4 Å². The fourth-order valence-electron chi connectivity index (χ4n) is 3.26. The highest BCUT2D eigenvalue weighted by molar-refractivity contribution is 7.89. The van der Waals surface area contributed by atoms with Gasteiger partial charge in [-0.2, -0.15) is 4.31 Å².